The van der Waals surface area contributed by atoms with Crippen molar-refractivity contribution in [3.63, 3.8) is 0 Å². The van der Waals surface area contributed by atoms with Crippen LogP contribution < -0.4 is 0 Å². The molecule has 7 heteroatoms. The van der Waals surface area contributed by atoms with Crippen molar-refractivity contribution in [2.24, 2.45) is 0 Å². The molecule has 20 heavy (non-hydrogen) atoms. The summed E-state index contributed by atoms with van der Waals surface area (Å²) in [5, 5.41) is 17.8. The lowest BCUT2D eigenvalue weighted by Crippen LogP contribution is -2.29. The fourth-order valence-electron chi connectivity index (χ4n) is 1.44. The molecule has 0 radical (unpaired) electrons. The SMILES string of the molecule is CC(O)CCN(C)S(=O)(=O)c1cncc(C#CCO)c1. The molecule has 0 fully saturated rings. The van der Waals surface area contributed by atoms with Crippen molar-refractivity contribution in [1.82, 2.24) is 9.29 Å². The number of rotatable bonds is 5. The first-order valence-electron chi connectivity index (χ1n) is 6.07. The summed E-state index contributed by atoms with van der Waals surface area (Å²) in [5.41, 5.74) is 0.420. The third-order valence-corrected chi connectivity index (χ3v) is 4.42. The van der Waals surface area contributed by atoms with E-state index in [2.05, 4.69) is 16.8 Å². The van der Waals surface area contributed by atoms with Crippen LogP contribution >= 0.6 is 0 Å². The zero-order chi connectivity index (χ0) is 15.2. The molecule has 0 amide bonds. The van der Waals surface area contributed by atoms with Crippen LogP contribution in [-0.2, 0) is 10.0 Å². The third kappa shape index (κ3) is 4.58. The molecule has 0 aliphatic carbocycles. The van der Waals surface area contributed by atoms with Crippen LogP contribution in [0, 0.1) is 11.8 Å². The van der Waals surface area contributed by atoms with Crippen molar-refractivity contribution in [2.45, 2.75) is 24.3 Å². The fourth-order valence-corrected chi connectivity index (χ4v) is 2.61. The van der Waals surface area contributed by atoms with Crippen LogP contribution in [-0.4, -0.2) is 54.2 Å². The van der Waals surface area contributed by atoms with Crippen LogP contribution in [0.2, 0.25) is 0 Å². The molecule has 0 saturated heterocycles. The summed E-state index contributed by atoms with van der Waals surface area (Å²) in [6.45, 7) is 1.52. The van der Waals surface area contributed by atoms with E-state index >= 15 is 0 Å². The van der Waals surface area contributed by atoms with Crippen molar-refractivity contribution in [3.8, 4) is 11.8 Å². The minimum Gasteiger partial charge on any atom is -0.393 e. The second-order valence-corrected chi connectivity index (χ2v) is 6.38. The molecule has 1 heterocycles. The van der Waals surface area contributed by atoms with E-state index < -0.39 is 16.1 Å². The van der Waals surface area contributed by atoms with Gasteiger partial charge in [-0.2, -0.15) is 0 Å². The molecule has 0 aliphatic heterocycles. The minimum atomic E-state index is -3.65. The van der Waals surface area contributed by atoms with Gasteiger partial charge in [0.15, 0.2) is 0 Å². The predicted molar refractivity (Wildman–Crippen MR) is 74.3 cm³/mol. The van der Waals surface area contributed by atoms with Crippen molar-refractivity contribution < 1.29 is 18.6 Å². The average Bonchev–Trinajstić information content (AvgIpc) is 2.42. The van der Waals surface area contributed by atoms with E-state index in [0.29, 0.717) is 12.0 Å². The molecule has 110 valence electrons. The molecule has 0 spiro atoms. The van der Waals surface area contributed by atoms with Gasteiger partial charge in [0.1, 0.15) is 11.5 Å². The summed E-state index contributed by atoms with van der Waals surface area (Å²) in [6, 6.07) is 1.41. The molecule has 0 aliphatic rings. The van der Waals surface area contributed by atoms with Gasteiger partial charge < -0.3 is 10.2 Å². The summed E-state index contributed by atoms with van der Waals surface area (Å²) >= 11 is 0. The molecule has 1 rings (SSSR count). The number of sulfonamides is 1. The van der Waals surface area contributed by atoms with Gasteiger partial charge in [-0.25, -0.2) is 12.7 Å². The molecule has 1 atom stereocenters. The average molecular weight is 298 g/mol. The van der Waals surface area contributed by atoms with E-state index in [1.54, 1.807) is 6.92 Å². The van der Waals surface area contributed by atoms with Crippen molar-refractivity contribution in [3.05, 3.63) is 24.0 Å². The standard InChI is InChI=1S/C13H18N2O4S/c1-11(17)5-6-15(2)20(18,19)13-8-12(4-3-7-16)9-14-10-13/h8-11,16-17H,5-7H2,1-2H3. The maximum atomic E-state index is 12.3. The van der Waals surface area contributed by atoms with E-state index in [4.69, 9.17) is 5.11 Å². The highest BCUT2D eigenvalue weighted by Crippen LogP contribution is 2.14. The number of hydrogen-bond acceptors (Lipinski definition) is 5. The van der Waals surface area contributed by atoms with Crippen molar-refractivity contribution in [1.29, 1.82) is 0 Å². The summed E-state index contributed by atoms with van der Waals surface area (Å²) in [7, 11) is -2.20. The van der Waals surface area contributed by atoms with Crippen LogP contribution in [0.25, 0.3) is 0 Å². The van der Waals surface area contributed by atoms with Crippen LogP contribution in [0.15, 0.2) is 23.4 Å². The zero-order valence-electron chi connectivity index (χ0n) is 11.4. The monoisotopic (exact) mass is 298 g/mol. The Hall–Kier alpha value is -1.46. The number of pyridine rings is 1. The van der Waals surface area contributed by atoms with E-state index in [1.165, 1.54) is 29.8 Å². The molecule has 1 aromatic rings. The number of nitrogens with zero attached hydrogens (tertiary/aromatic N) is 2. The van der Waals surface area contributed by atoms with Gasteiger partial charge in [-0.3, -0.25) is 4.98 Å². The fraction of sp³-hybridized carbons (Fsp3) is 0.462. The lowest BCUT2D eigenvalue weighted by molar-refractivity contribution is 0.177. The minimum absolute atomic E-state index is 0.0373. The summed E-state index contributed by atoms with van der Waals surface area (Å²) in [6.07, 6.45) is 2.47. The summed E-state index contributed by atoms with van der Waals surface area (Å²) in [5.74, 6) is 5.05. The Kier molecular flexibility index (Phi) is 6.10. The van der Waals surface area contributed by atoms with Gasteiger partial charge in [-0.1, -0.05) is 11.8 Å². The molecular formula is C13H18N2O4S. The molecule has 0 saturated carbocycles. The van der Waals surface area contributed by atoms with Crippen LogP contribution in [0.5, 0.6) is 0 Å². The number of aromatic nitrogens is 1. The van der Waals surface area contributed by atoms with E-state index in [1.807, 2.05) is 0 Å². The quantitative estimate of drug-likeness (QED) is 0.736. The maximum Gasteiger partial charge on any atom is 0.244 e. The maximum absolute atomic E-state index is 12.3. The Morgan fingerprint density at radius 3 is 2.75 bits per heavy atom. The predicted octanol–water partition coefficient (Wildman–Crippen LogP) is -0.183. The molecule has 1 aromatic heterocycles. The molecule has 6 nitrogen and oxygen atoms in total. The first kappa shape index (κ1) is 16.6. The molecule has 2 N–H and O–H groups in total. The number of aliphatic hydroxyl groups excluding tert-OH is 2. The molecule has 0 bridgehead atoms. The van der Waals surface area contributed by atoms with E-state index in [0.717, 1.165) is 0 Å². The topological polar surface area (TPSA) is 90.7 Å². The molecular weight excluding hydrogens is 280 g/mol. The lowest BCUT2D eigenvalue weighted by Gasteiger charge is -2.17. The second kappa shape index (κ2) is 7.36. The van der Waals surface area contributed by atoms with Crippen molar-refractivity contribution in [2.75, 3.05) is 20.2 Å². The van der Waals surface area contributed by atoms with Crippen LogP contribution in [0.3, 0.4) is 0 Å². The summed E-state index contributed by atoms with van der Waals surface area (Å²) in [4.78, 5) is 3.88. The highest BCUT2D eigenvalue weighted by Gasteiger charge is 2.21. The van der Waals surface area contributed by atoms with Gasteiger partial charge in [0, 0.05) is 31.5 Å². The normalized spacial score (nSPS) is 12.8. The van der Waals surface area contributed by atoms with Gasteiger partial charge in [0.05, 0.1) is 6.10 Å². The Balaban J connectivity index is 2.97. The van der Waals surface area contributed by atoms with Gasteiger partial charge in [-0.15, -0.1) is 0 Å². The molecule has 0 aromatic carbocycles. The van der Waals surface area contributed by atoms with E-state index in [9.17, 15) is 13.5 Å². The van der Waals surface area contributed by atoms with Gasteiger partial charge in [0.2, 0.25) is 10.0 Å². The Morgan fingerprint density at radius 2 is 2.15 bits per heavy atom. The lowest BCUT2D eigenvalue weighted by atomic mass is 10.3. The smallest absolute Gasteiger partial charge is 0.244 e. The van der Waals surface area contributed by atoms with Crippen LogP contribution in [0.1, 0.15) is 18.9 Å². The second-order valence-electron chi connectivity index (χ2n) is 4.33. The highest BCUT2D eigenvalue weighted by atomic mass is 32.2. The van der Waals surface area contributed by atoms with Gasteiger partial charge in [0.25, 0.3) is 0 Å². The Morgan fingerprint density at radius 1 is 1.45 bits per heavy atom. The third-order valence-electron chi connectivity index (χ3n) is 2.59. The largest absolute Gasteiger partial charge is 0.393 e. The van der Waals surface area contributed by atoms with Gasteiger partial charge in [-0.05, 0) is 19.4 Å². The zero-order valence-corrected chi connectivity index (χ0v) is 12.3. The Labute approximate surface area is 119 Å². The van der Waals surface area contributed by atoms with Crippen LogP contribution in [0.4, 0.5) is 0 Å². The number of aliphatic hydroxyl groups is 2. The van der Waals surface area contributed by atoms with Crippen molar-refractivity contribution >= 4 is 10.0 Å². The highest BCUT2D eigenvalue weighted by molar-refractivity contribution is 7.89. The summed E-state index contributed by atoms with van der Waals surface area (Å²) < 4.78 is 25.7. The van der Waals surface area contributed by atoms with E-state index in [-0.39, 0.29) is 18.0 Å². The first-order chi connectivity index (χ1) is 9.37. The van der Waals surface area contributed by atoms with Gasteiger partial charge >= 0.3 is 0 Å². The Bertz CT molecular complexity index is 602. The number of hydrogen-bond donors (Lipinski definition) is 2. The first-order valence-corrected chi connectivity index (χ1v) is 7.51. The molecule has 1 unspecified atom stereocenters.